The maximum atomic E-state index is 10.6. The molecular weight excluding hydrogens is 382 g/mol. The molecule has 5 nitrogen and oxygen atoms in total. The van der Waals surface area contributed by atoms with Gasteiger partial charge in [-0.25, -0.2) is 0 Å². The minimum Gasteiger partial charge on any atom is -0.506 e. The van der Waals surface area contributed by atoms with Gasteiger partial charge in [-0.1, -0.05) is 36.8 Å². The predicted octanol–water partition coefficient (Wildman–Crippen LogP) is 3.72. The number of benzene rings is 2. The number of thioether (sulfide) groups is 1. The summed E-state index contributed by atoms with van der Waals surface area (Å²) < 4.78 is 0. The number of phenols is 1. The summed E-state index contributed by atoms with van der Waals surface area (Å²) in [5.74, 6) is 0.978. The molecule has 0 amide bonds. The molecule has 0 spiro atoms. The number of piperidine rings is 1. The van der Waals surface area contributed by atoms with Gasteiger partial charge in [0.15, 0.2) is 0 Å². The zero-order chi connectivity index (χ0) is 20.1. The van der Waals surface area contributed by atoms with Gasteiger partial charge in [-0.2, -0.15) is 0 Å². The maximum Gasteiger partial charge on any atom is 0.139 e. The molecule has 1 atom stereocenters. The molecule has 2 aromatic rings. The van der Waals surface area contributed by atoms with Crippen LogP contribution in [0.25, 0.3) is 0 Å². The number of nitrogens with one attached hydrogen (secondary N) is 2. The van der Waals surface area contributed by atoms with E-state index in [1.54, 1.807) is 17.8 Å². The van der Waals surface area contributed by atoms with Crippen molar-refractivity contribution in [2.75, 3.05) is 37.4 Å². The van der Waals surface area contributed by atoms with Crippen LogP contribution in [0.4, 0.5) is 5.69 Å². The second-order valence-electron chi connectivity index (χ2n) is 7.97. The molecule has 0 saturated carbocycles. The number of anilines is 1. The Morgan fingerprint density at radius 2 is 1.93 bits per heavy atom. The number of aliphatic hydroxyl groups excluding tert-OH is 1. The number of nitrogens with zero attached hydrogens (tertiary/aromatic N) is 1. The van der Waals surface area contributed by atoms with Crippen molar-refractivity contribution >= 4 is 17.4 Å². The van der Waals surface area contributed by atoms with Crippen LogP contribution in [0, 0.1) is 0 Å². The smallest absolute Gasteiger partial charge is 0.139 e. The lowest BCUT2D eigenvalue weighted by molar-refractivity contribution is 0.172. The third-order valence-electron chi connectivity index (χ3n) is 5.76. The van der Waals surface area contributed by atoms with Crippen molar-refractivity contribution in [1.82, 2.24) is 10.2 Å². The number of aliphatic hydroxyl groups is 1. The molecule has 2 aliphatic rings. The number of hydrogen-bond donors (Lipinski definition) is 4. The highest BCUT2D eigenvalue weighted by Crippen LogP contribution is 2.44. The van der Waals surface area contributed by atoms with Crippen LogP contribution < -0.4 is 10.6 Å². The van der Waals surface area contributed by atoms with Crippen LogP contribution in [0.2, 0.25) is 0 Å². The van der Waals surface area contributed by atoms with Crippen molar-refractivity contribution in [3.05, 3.63) is 53.1 Å². The fraction of sp³-hybridized carbons (Fsp3) is 0.478. The molecule has 2 aromatic carbocycles. The lowest BCUT2D eigenvalue weighted by Gasteiger charge is -2.26. The van der Waals surface area contributed by atoms with Crippen LogP contribution in [-0.2, 0) is 13.0 Å². The molecule has 2 aliphatic heterocycles. The summed E-state index contributed by atoms with van der Waals surface area (Å²) in [5, 5.41) is 27.1. The summed E-state index contributed by atoms with van der Waals surface area (Å²) in [6, 6.07) is 12.4. The van der Waals surface area contributed by atoms with Crippen molar-refractivity contribution in [1.29, 1.82) is 0 Å². The number of hydrogen-bond acceptors (Lipinski definition) is 6. The fourth-order valence-electron chi connectivity index (χ4n) is 4.20. The summed E-state index contributed by atoms with van der Waals surface area (Å²) in [6.45, 7) is 4.83. The van der Waals surface area contributed by atoms with E-state index in [0.717, 1.165) is 41.5 Å². The van der Waals surface area contributed by atoms with Gasteiger partial charge in [0.05, 0.1) is 17.7 Å². The SMILES string of the molecule is Oc1ccc([C@@H](O)CNCCc2cccc(CN3CCCCC3)c2)c2c1NCS2. The topological polar surface area (TPSA) is 67.8 Å². The molecule has 156 valence electrons. The first-order chi connectivity index (χ1) is 14.2. The Kier molecular flexibility index (Phi) is 6.98. The van der Waals surface area contributed by atoms with Gasteiger partial charge >= 0.3 is 0 Å². The second kappa shape index (κ2) is 9.85. The van der Waals surface area contributed by atoms with Crippen LogP contribution in [0.3, 0.4) is 0 Å². The van der Waals surface area contributed by atoms with Gasteiger partial charge in [-0.3, -0.25) is 4.90 Å². The summed E-state index contributed by atoms with van der Waals surface area (Å²) >= 11 is 1.63. The maximum absolute atomic E-state index is 10.6. The van der Waals surface area contributed by atoms with Crippen LogP contribution in [0.5, 0.6) is 5.75 Å². The average molecular weight is 414 g/mol. The zero-order valence-electron chi connectivity index (χ0n) is 16.9. The Morgan fingerprint density at radius 1 is 1.10 bits per heavy atom. The van der Waals surface area contributed by atoms with Gasteiger partial charge in [0.2, 0.25) is 0 Å². The van der Waals surface area contributed by atoms with E-state index < -0.39 is 6.10 Å². The minimum absolute atomic E-state index is 0.248. The number of phenolic OH excluding ortho intramolecular Hbond substituents is 1. The van der Waals surface area contributed by atoms with E-state index in [4.69, 9.17) is 0 Å². The molecule has 4 rings (SSSR count). The van der Waals surface area contributed by atoms with Gasteiger partial charge in [0.25, 0.3) is 0 Å². The molecule has 2 heterocycles. The van der Waals surface area contributed by atoms with Gasteiger partial charge in [-0.05, 0) is 61.7 Å². The van der Waals surface area contributed by atoms with Gasteiger partial charge in [0, 0.05) is 18.0 Å². The lowest BCUT2D eigenvalue weighted by Crippen LogP contribution is -2.29. The van der Waals surface area contributed by atoms with Gasteiger partial charge < -0.3 is 20.8 Å². The number of aromatic hydroxyl groups is 1. The van der Waals surface area contributed by atoms with Crippen LogP contribution in [-0.4, -0.2) is 47.2 Å². The Balaban J connectivity index is 1.25. The molecule has 0 bridgehead atoms. The van der Waals surface area contributed by atoms with Crippen LogP contribution in [0.1, 0.15) is 42.1 Å². The van der Waals surface area contributed by atoms with Crippen molar-refractivity contribution in [3.63, 3.8) is 0 Å². The highest BCUT2D eigenvalue weighted by atomic mass is 32.2. The molecule has 6 heteroatoms. The summed E-state index contributed by atoms with van der Waals surface area (Å²) in [7, 11) is 0. The summed E-state index contributed by atoms with van der Waals surface area (Å²) in [6.07, 6.45) is 4.39. The third-order valence-corrected chi connectivity index (χ3v) is 6.78. The standard InChI is InChI=1S/C23H31N3O2S/c27-20-8-7-19(23-22(20)25-16-29-23)21(28)14-24-10-9-17-5-4-6-18(13-17)15-26-11-2-1-3-12-26/h4-8,13,21,24-25,27-28H,1-3,9-12,14-16H2/t21-/m0/s1. The van der Waals surface area contributed by atoms with E-state index in [9.17, 15) is 10.2 Å². The third kappa shape index (κ3) is 5.25. The Hall–Kier alpha value is -1.73. The number of rotatable bonds is 8. The van der Waals surface area contributed by atoms with E-state index >= 15 is 0 Å². The number of likely N-dealkylation sites (tertiary alicyclic amines) is 1. The monoisotopic (exact) mass is 413 g/mol. The van der Waals surface area contributed by atoms with Crippen molar-refractivity contribution in [3.8, 4) is 5.75 Å². The lowest BCUT2D eigenvalue weighted by atomic mass is 10.1. The molecule has 29 heavy (non-hydrogen) atoms. The fourth-order valence-corrected chi connectivity index (χ4v) is 5.25. The highest BCUT2D eigenvalue weighted by molar-refractivity contribution is 8.00. The quantitative estimate of drug-likeness (QED) is 0.391. The van der Waals surface area contributed by atoms with E-state index in [0.29, 0.717) is 6.54 Å². The van der Waals surface area contributed by atoms with E-state index in [2.05, 4.69) is 39.8 Å². The predicted molar refractivity (Wildman–Crippen MR) is 120 cm³/mol. The largest absolute Gasteiger partial charge is 0.506 e. The van der Waals surface area contributed by atoms with Crippen LogP contribution >= 0.6 is 11.8 Å². The molecular formula is C23H31N3O2S. The Morgan fingerprint density at radius 3 is 2.79 bits per heavy atom. The molecule has 0 radical (unpaired) electrons. The highest BCUT2D eigenvalue weighted by Gasteiger charge is 2.22. The van der Waals surface area contributed by atoms with Gasteiger partial charge in [0.1, 0.15) is 5.75 Å². The second-order valence-corrected chi connectivity index (χ2v) is 8.96. The zero-order valence-corrected chi connectivity index (χ0v) is 17.7. The molecule has 1 fully saturated rings. The van der Waals surface area contributed by atoms with E-state index in [-0.39, 0.29) is 5.75 Å². The van der Waals surface area contributed by atoms with E-state index in [1.807, 2.05) is 6.07 Å². The van der Waals surface area contributed by atoms with E-state index in [1.165, 1.54) is 43.5 Å². The first-order valence-corrected chi connectivity index (χ1v) is 11.6. The minimum atomic E-state index is -0.581. The first-order valence-electron chi connectivity index (χ1n) is 10.6. The number of fused-ring (bicyclic) bond motifs is 1. The molecule has 0 unspecified atom stereocenters. The normalized spacial score (nSPS) is 17.7. The first kappa shape index (κ1) is 20.5. The van der Waals surface area contributed by atoms with Crippen molar-refractivity contribution in [2.45, 2.75) is 43.2 Å². The van der Waals surface area contributed by atoms with Crippen molar-refractivity contribution in [2.24, 2.45) is 0 Å². The molecule has 0 aliphatic carbocycles. The molecule has 4 N–H and O–H groups in total. The average Bonchev–Trinajstić information content (AvgIpc) is 3.23. The van der Waals surface area contributed by atoms with Crippen molar-refractivity contribution < 1.29 is 10.2 Å². The van der Waals surface area contributed by atoms with Crippen LogP contribution in [0.15, 0.2) is 41.3 Å². The Labute approximate surface area is 177 Å². The summed E-state index contributed by atoms with van der Waals surface area (Å²) in [4.78, 5) is 3.52. The summed E-state index contributed by atoms with van der Waals surface area (Å²) in [5.41, 5.74) is 4.36. The molecule has 0 aromatic heterocycles. The molecule has 1 saturated heterocycles. The Bertz CT molecular complexity index is 824. The van der Waals surface area contributed by atoms with Gasteiger partial charge in [-0.15, -0.1) is 11.8 Å².